The Kier molecular flexibility index (Phi) is 4.20. The van der Waals surface area contributed by atoms with E-state index in [1.54, 1.807) is 6.92 Å². The molecule has 1 aliphatic heterocycles. The number of hydrogen-bond acceptors (Lipinski definition) is 3. The van der Waals surface area contributed by atoms with Crippen molar-refractivity contribution in [3.8, 4) is 0 Å². The number of carboxylic acids is 1. The summed E-state index contributed by atoms with van der Waals surface area (Å²) in [7, 11) is 0. The van der Waals surface area contributed by atoms with Crippen molar-refractivity contribution in [3.05, 3.63) is 41.5 Å². The lowest BCUT2D eigenvalue weighted by Crippen LogP contribution is -2.47. The molecule has 1 aliphatic rings. The number of carboxylic acid groups (broad SMARTS) is 1. The predicted octanol–water partition coefficient (Wildman–Crippen LogP) is 1.10. The SMILES string of the molecule is C[C@H](N)C(=O)N1C/C(=C\c2ccccc2)C[C@H]1C(=O)O. The zero-order valence-corrected chi connectivity index (χ0v) is 11.3. The molecule has 1 saturated heterocycles. The van der Waals surface area contributed by atoms with E-state index in [1.165, 1.54) is 4.90 Å². The molecule has 1 fully saturated rings. The Labute approximate surface area is 117 Å². The number of rotatable bonds is 3. The van der Waals surface area contributed by atoms with Crippen LogP contribution in [0.15, 0.2) is 35.9 Å². The second-order valence-corrected chi connectivity index (χ2v) is 5.03. The maximum absolute atomic E-state index is 12.0. The lowest BCUT2D eigenvalue weighted by atomic mass is 10.1. The van der Waals surface area contributed by atoms with Gasteiger partial charge in [0.15, 0.2) is 0 Å². The van der Waals surface area contributed by atoms with Gasteiger partial charge in [0, 0.05) is 13.0 Å². The summed E-state index contributed by atoms with van der Waals surface area (Å²) >= 11 is 0. The Bertz CT molecular complexity index is 537. The van der Waals surface area contributed by atoms with Crippen LogP contribution in [0.5, 0.6) is 0 Å². The number of aliphatic carboxylic acids is 1. The summed E-state index contributed by atoms with van der Waals surface area (Å²) < 4.78 is 0. The molecule has 1 heterocycles. The number of likely N-dealkylation sites (tertiary alicyclic amines) is 1. The standard InChI is InChI=1S/C15H18N2O3/c1-10(16)14(18)17-9-12(8-13(17)15(19)20)7-11-5-3-2-4-6-11/h2-7,10,13H,8-9,16H2,1H3,(H,19,20)/b12-7-/t10-,13-/m0/s1. The number of carbonyl (C=O) groups excluding carboxylic acids is 1. The zero-order valence-electron chi connectivity index (χ0n) is 11.3. The fraction of sp³-hybridized carbons (Fsp3) is 0.333. The van der Waals surface area contributed by atoms with Gasteiger partial charge in [0.2, 0.25) is 5.91 Å². The van der Waals surface area contributed by atoms with Crippen molar-refractivity contribution in [2.24, 2.45) is 5.73 Å². The van der Waals surface area contributed by atoms with E-state index < -0.39 is 18.1 Å². The Morgan fingerprint density at radius 1 is 1.40 bits per heavy atom. The minimum Gasteiger partial charge on any atom is -0.480 e. The van der Waals surface area contributed by atoms with Crippen molar-refractivity contribution in [2.75, 3.05) is 6.54 Å². The molecule has 5 nitrogen and oxygen atoms in total. The van der Waals surface area contributed by atoms with Crippen LogP contribution in [0.1, 0.15) is 18.9 Å². The third-order valence-electron chi connectivity index (χ3n) is 3.33. The Balaban J connectivity index is 2.22. The van der Waals surface area contributed by atoms with E-state index in [0.717, 1.165) is 11.1 Å². The van der Waals surface area contributed by atoms with Crippen LogP contribution in [-0.2, 0) is 9.59 Å². The van der Waals surface area contributed by atoms with E-state index in [1.807, 2.05) is 36.4 Å². The molecule has 1 aromatic rings. The molecule has 2 rings (SSSR count). The van der Waals surface area contributed by atoms with Gasteiger partial charge in [-0.2, -0.15) is 0 Å². The normalized spacial score (nSPS) is 22.0. The third kappa shape index (κ3) is 3.05. The van der Waals surface area contributed by atoms with Crippen LogP contribution in [0.3, 0.4) is 0 Å². The highest BCUT2D eigenvalue weighted by Gasteiger charge is 2.37. The molecule has 0 unspecified atom stereocenters. The van der Waals surface area contributed by atoms with Crippen molar-refractivity contribution < 1.29 is 14.7 Å². The third-order valence-corrected chi connectivity index (χ3v) is 3.33. The van der Waals surface area contributed by atoms with E-state index in [9.17, 15) is 14.7 Å². The summed E-state index contributed by atoms with van der Waals surface area (Å²) in [6.07, 6.45) is 2.28. The molecule has 0 aromatic heterocycles. The highest BCUT2D eigenvalue weighted by molar-refractivity contribution is 5.88. The average molecular weight is 274 g/mol. The van der Waals surface area contributed by atoms with Crippen LogP contribution in [0, 0.1) is 0 Å². The van der Waals surface area contributed by atoms with Gasteiger partial charge in [-0.05, 0) is 18.1 Å². The van der Waals surface area contributed by atoms with Gasteiger partial charge in [0.25, 0.3) is 0 Å². The predicted molar refractivity (Wildman–Crippen MR) is 75.8 cm³/mol. The largest absolute Gasteiger partial charge is 0.480 e. The molecule has 0 saturated carbocycles. The molecule has 0 bridgehead atoms. The average Bonchev–Trinajstić information content (AvgIpc) is 2.83. The van der Waals surface area contributed by atoms with E-state index in [4.69, 9.17) is 5.73 Å². The first-order chi connectivity index (χ1) is 9.49. The van der Waals surface area contributed by atoms with Gasteiger partial charge in [-0.3, -0.25) is 4.79 Å². The molecule has 1 aromatic carbocycles. The number of nitrogens with zero attached hydrogens (tertiary/aromatic N) is 1. The molecule has 3 N–H and O–H groups in total. The second-order valence-electron chi connectivity index (χ2n) is 5.03. The zero-order chi connectivity index (χ0) is 14.7. The fourth-order valence-electron chi connectivity index (χ4n) is 2.36. The first-order valence-corrected chi connectivity index (χ1v) is 6.52. The Morgan fingerprint density at radius 3 is 2.60 bits per heavy atom. The molecule has 2 atom stereocenters. The first kappa shape index (κ1) is 14.3. The molecular weight excluding hydrogens is 256 g/mol. The maximum atomic E-state index is 12.0. The quantitative estimate of drug-likeness (QED) is 0.864. The fourth-order valence-corrected chi connectivity index (χ4v) is 2.36. The Morgan fingerprint density at radius 2 is 2.05 bits per heavy atom. The van der Waals surface area contributed by atoms with Crippen LogP contribution in [-0.4, -0.2) is 40.5 Å². The number of amides is 1. The minimum atomic E-state index is -0.990. The summed E-state index contributed by atoms with van der Waals surface area (Å²) in [6, 6.07) is 8.14. The lowest BCUT2D eigenvalue weighted by molar-refractivity contribution is -0.148. The summed E-state index contributed by atoms with van der Waals surface area (Å²) in [5, 5.41) is 9.24. The second kappa shape index (κ2) is 5.88. The van der Waals surface area contributed by atoms with Crippen molar-refractivity contribution in [2.45, 2.75) is 25.4 Å². The van der Waals surface area contributed by atoms with Crippen molar-refractivity contribution in [1.29, 1.82) is 0 Å². The minimum absolute atomic E-state index is 0.325. The van der Waals surface area contributed by atoms with Gasteiger partial charge < -0.3 is 15.7 Å². The molecule has 106 valence electrons. The molecule has 20 heavy (non-hydrogen) atoms. The highest BCUT2D eigenvalue weighted by atomic mass is 16.4. The summed E-state index contributed by atoms with van der Waals surface area (Å²) in [4.78, 5) is 24.6. The molecule has 0 radical (unpaired) electrons. The summed E-state index contributed by atoms with van der Waals surface area (Å²) in [5.74, 6) is -1.32. The van der Waals surface area contributed by atoms with E-state index in [-0.39, 0.29) is 5.91 Å². The van der Waals surface area contributed by atoms with Gasteiger partial charge in [-0.15, -0.1) is 0 Å². The molecule has 5 heteroatoms. The van der Waals surface area contributed by atoms with Gasteiger partial charge in [-0.1, -0.05) is 36.4 Å². The van der Waals surface area contributed by atoms with Crippen molar-refractivity contribution in [1.82, 2.24) is 4.90 Å². The summed E-state index contributed by atoms with van der Waals surface area (Å²) in [6.45, 7) is 1.90. The molecular formula is C15H18N2O3. The van der Waals surface area contributed by atoms with Gasteiger partial charge >= 0.3 is 5.97 Å². The van der Waals surface area contributed by atoms with Crippen LogP contribution >= 0.6 is 0 Å². The molecule has 0 aliphatic carbocycles. The van der Waals surface area contributed by atoms with Gasteiger partial charge in [0.1, 0.15) is 6.04 Å². The Hall–Kier alpha value is -2.14. The van der Waals surface area contributed by atoms with E-state index >= 15 is 0 Å². The monoisotopic (exact) mass is 274 g/mol. The number of benzene rings is 1. The summed E-state index contributed by atoms with van der Waals surface area (Å²) in [5.41, 5.74) is 7.50. The van der Waals surface area contributed by atoms with E-state index in [0.29, 0.717) is 13.0 Å². The smallest absolute Gasteiger partial charge is 0.326 e. The molecule has 0 spiro atoms. The lowest BCUT2D eigenvalue weighted by Gasteiger charge is -2.22. The topological polar surface area (TPSA) is 83.6 Å². The van der Waals surface area contributed by atoms with Crippen LogP contribution in [0.2, 0.25) is 0 Å². The maximum Gasteiger partial charge on any atom is 0.326 e. The van der Waals surface area contributed by atoms with Gasteiger partial charge in [0.05, 0.1) is 6.04 Å². The number of carbonyl (C=O) groups is 2. The molecule has 1 amide bonds. The van der Waals surface area contributed by atoms with E-state index in [2.05, 4.69) is 0 Å². The first-order valence-electron chi connectivity index (χ1n) is 6.52. The highest BCUT2D eigenvalue weighted by Crippen LogP contribution is 2.25. The van der Waals surface area contributed by atoms with Crippen LogP contribution in [0.4, 0.5) is 0 Å². The van der Waals surface area contributed by atoms with Crippen molar-refractivity contribution in [3.63, 3.8) is 0 Å². The van der Waals surface area contributed by atoms with Crippen molar-refractivity contribution >= 4 is 18.0 Å². The van der Waals surface area contributed by atoms with Crippen LogP contribution in [0.25, 0.3) is 6.08 Å². The number of nitrogens with two attached hydrogens (primary N) is 1. The van der Waals surface area contributed by atoms with Crippen LogP contribution < -0.4 is 5.73 Å². The van der Waals surface area contributed by atoms with Gasteiger partial charge in [-0.25, -0.2) is 4.79 Å². The number of hydrogen-bond donors (Lipinski definition) is 2.